The number of halogens is 1. The van der Waals surface area contributed by atoms with E-state index in [1.807, 2.05) is 0 Å². The monoisotopic (exact) mass is 357 g/mol. The molecule has 1 aliphatic rings. The molecule has 0 aliphatic carbocycles. The van der Waals surface area contributed by atoms with Gasteiger partial charge in [-0.2, -0.15) is 0 Å². The molecule has 21 heavy (non-hydrogen) atoms. The lowest BCUT2D eigenvalue weighted by molar-refractivity contribution is -0.385. The topological polar surface area (TPSA) is 113 Å². The average Bonchev–Trinajstić information content (AvgIpc) is 2.40. The molecule has 2 rings (SSSR count). The van der Waals surface area contributed by atoms with Crippen molar-refractivity contribution in [2.24, 2.45) is 0 Å². The lowest BCUT2D eigenvalue weighted by Gasteiger charge is -2.32. The zero-order valence-corrected chi connectivity index (χ0v) is 12.4. The van der Waals surface area contributed by atoms with Crippen LogP contribution >= 0.6 is 15.9 Å². The summed E-state index contributed by atoms with van der Waals surface area (Å²) in [6, 6.07) is 3.65. The van der Waals surface area contributed by atoms with Crippen molar-refractivity contribution in [2.75, 3.05) is 13.1 Å². The van der Waals surface area contributed by atoms with Gasteiger partial charge in [0.1, 0.15) is 6.04 Å². The highest BCUT2D eigenvalue weighted by atomic mass is 79.9. The largest absolute Gasteiger partial charge is 0.480 e. The molecule has 0 radical (unpaired) electrons. The number of rotatable bonds is 4. The van der Waals surface area contributed by atoms with E-state index < -0.39 is 16.9 Å². The van der Waals surface area contributed by atoms with Gasteiger partial charge in [-0.1, -0.05) is 15.9 Å². The normalized spacial score (nSPS) is 19.1. The quantitative estimate of drug-likeness (QED) is 0.607. The number of carboxylic acid groups (broad SMARTS) is 1. The van der Waals surface area contributed by atoms with Gasteiger partial charge in [0.15, 0.2) is 0 Å². The van der Waals surface area contributed by atoms with Crippen molar-refractivity contribution in [2.45, 2.75) is 12.6 Å². The summed E-state index contributed by atoms with van der Waals surface area (Å²) in [5.41, 5.74) is 0.253. The molecule has 1 aliphatic heterocycles. The number of nitrogens with zero attached hydrogens (tertiary/aromatic N) is 2. The number of nitrogens with one attached hydrogen (secondary N) is 1. The second kappa shape index (κ2) is 6.19. The highest BCUT2D eigenvalue weighted by Crippen LogP contribution is 2.25. The first-order valence-electron chi connectivity index (χ1n) is 6.05. The number of amides is 1. The summed E-state index contributed by atoms with van der Waals surface area (Å²) in [5.74, 6) is -1.37. The summed E-state index contributed by atoms with van der Waals surface area (Å²) < 4.78 is 0.559. The van der Waals surface area contributed by atoms with E-state index in [-0.39, 0.29) is 31.2 Å². The second-order valence-corrected chi connectivity index (χ2v) is 5.51. The van der Waals surface area contributed by atoms with E-state index in [1.54, 1.807) is 12.1 Å². The minimum atomic E-state index is -1.07. The van der Waals surface area contributed by atoms with Gasteiger partial charge in [0.2, 0.25) is 5.91 Å². The fraction of sp³-hybridized carbons (Fsp3) is 0.333. The number of nitro benzene ring substituents is 1. The van der Waals surface area contributed by atoms with Crippen LogP contribution in [0.3, 0.4) is 0 Å². The van der Waals surface area contributed by atoms with Gasteiger partial charge < -0.3 is 10.4 Å². The lowest BCUT2D eigenvalue weighted by atomic mass is 10.1. The Balaban J connectivity index is 2.28. The summed E-state index contributed by atoms with van der Waals surface area (Å²) >= 11 is 3.16. The van der Waals surface area contributed by atoms with Gasteiger partial charge in [-0.25, -0.2) is 0 Å². The maximum absolute atomic E-state index is 11.4. The van der Waals surface area contributed by atoms with Crippen molar-refractivity contribution in [3.05, 3.63) is 38.3 Å². The minimum Gasteiger partial charge on any atom is -0.480 e. The minimum absolute atomic E-state index is 0.0154. The Bertz CT molecular complexity index is 607. The SMILES string of the molecule is O=C1CN(Cc2ccc(Br)cc2[N+](=O)[O-])C(C(=O)O)CN1. The van der Waals surface area contributed by atoms with Gasteiger partial charge in [0, 0.05) is 29.2 Å². The predicted molar refractivity (Wildman–Crippen MR) is 75.6 cm³/mol. The zero-order valence-electron chi connectivity index (χ0n) is 10.8. The number of hydrogen-bond acceptors (Lipinski definition) is 5. The third-order valence-corrected chi connectivity index (χ3v) is 3.68. The summed E-state index contributed by atoms with van der Waals surface area (Å²) in [4.78, 5) is 34.6. The Morgan fingerprint density at radius 1 is 1.57 bits per heavy atom. The van der Waals surface area contributed by atoms with Crippen molar-refractivity contribution < 1.29 is 19.6 Å². The van der Waals surface area contributed by atoms with Crippen molar-refractivity contribution in [3.8, 4) is 0 Å². The Morgan fingerprint density at radius 3 is 2.90 bits per heavy atom. The molecule has 1 unspecified atom stereocenters. The van der Waals surface area contributed by atoms with E-state index in [2.05, 4.69) is 21.2 Å². The van der Waals surface area contributed by atoms with Crippen molar-refractivity contribution in [3.63, 3.8) is 0 Å². The van der Waals surface area contributed by atoms with Crippen LogP contribution in [0.4, 0.5) is 5.69 Å². The number of hydrogen-bond donors (Lipinski definition) is 2. The molecule has 8 nitrogen and oxygen atoms in total. The molecule has 9 heteroatoms. The molecule has 1 atom stereocenters. The van der Waals surface area contributed by atoms with Crippen LogP contribution in [0.2, 0.25) is 0 Å². The van der Waals surface area contributed by atoms with E-state index in [0.29, 0.717) is 10.0 Å². The van der Waals surface area contributed by atoms with E-state index in [1.165, 1.54) is 11.0 Å². The highest BCUT2D eigenvalue weighted by molar-refractivity contribution is 9.10. The highest BCUT2D eigenvalue weighted by Gasteiger charge is 2.33. The van der Waals surface area contributed by atoms with Gasteiger partial charge >= 0.3 is 5.97 Å². The molecule has 1 amide bonds. The maximum Gasteiger partial charge on any atom is 0.322 e. The number of carbonyl (C=O) groups is 2. The maximum atomic E-state index is 11.4. The molecule has 0 spiro atoms. The first kappa shape index (κ1) is 15.4. The molecule has 1 saturated heterocycles. The third kappa shape index (κ3) is 3.56. The number of benzene rings is 1. The number of carbonyl (C=O) groups excluding carboxylic acids is 1. The van der Waals surface area contributed by atoms with Crippen LogP contribution in [0.15, 0.2) is 22.7 Å². The molecule has 1 aromatic carbocycles. The van der Waals surface area contributed by atoms with Gasteiger partial charge in [0.05, 0.1) is 11.5 Å². The second-order valence-electron chi connectivity index (χ2n) is 4.59. The fourth-order valence-corrected chi connectivity index (χ4v) is 2.51. The van der Waals surface area contributed by atoms with E-state index in [4.69, 9.17) is 5.11 Å². The lowest BCUT2D eigenvalue weighted by Crippen LogP contribution is -2.56. The van der Waals surface area contributed by atoms with Gasteiger partial charge in [-0.05, 0) is 12.1 Å². The van der Waals surface area contributed by atoms with Gasteiger partial charge in [0.25, 0.3) is 5.69 Å². The number of nitro groups is 1. The van der Waals surface area contributed by atoms with Crippen LogP contribution < -0.4 is 5.32 Å². The molecule has 112 valence electrons. The smallest absolute Gasteiger partial charge is 0.322 e. The Morgan fingerprint density at radius 2 is 2.29 bits per heavy atom. The summed E-state index contributed by atoms with van der Waals surface area (Å²) in [5, 5.41) is 22.7. The molecule has 1 heterocycles. The van der Waals surface area contributed by atoms with Gasteiger partial charge in [-0.3, -0.25) is 24.6 Å². The van der Waals surface area contributed by atoms with Crippen LogP contribution in [-0.2, 0) is 16.1 Å². The van der Waals surface area contributed by atoms with Crippen molar-refractivity contribution in [1.29, 1.82) is 0 Å². The van der Waals surface area contributed by atoms with E-state index in [0.717, 1.165) is 0 Å². The average molecular weight is 358 g/mol. The summed E-state index contributed by atoms with van der Waals surface area (Å²) in [6.45, 7) is -0.101. The molecule has 1 aromatic rings. The molecule has 0 saturated carbocycles. The Hall–Kier alpha value is -2.00. The molecule has 0 bridgehead atoms. The Kier molecular flexibility index (Phi) is 4.53. The predicted octanol–water partition coefficient (Wildman–Crippen LogP) is 0.742. The number of carboxylic acids is 1. The number of aliphatic carboxylic acids is 1. The van der Waals surface area contributed by atoms with Crippen LogP contribution in [0.1, 0.15) is 5.56 Å². The molecule has 1 fully saturated rings. The molecular formula is C12H12BrN3O5. The van der Waals surface area contributed by atoms with Gasteiger partial charge in [-0.15, -0.1) is 0 Å². The van der Waals surface area contributed by atoms with Crippen molar-refractivity contribution >= 4 is 33.5 Å². The summed E-state index contributed by atoms with van der Waals surface area (Å²) in [6.07, 6.45) is 0. The standard InChI is InChI=1S/C12H12BrN3O5/c13-8-2-1-7(9(3-8)16(20)21)5-15-6-11(17)14-4-10(15)12(18)19/h1-3,10H,4-6H2,(H,14,17)(H,18,19). The summed E-state index contributed by atoms with van der Waals surface area (Å²) in [7, 11) is 0. The van der Waals surface area contributed by atoms with Crippen LogP contribution in [-0.4, -0.2) is 45.9 Å². The van der Waals surface area contributed by atoms with E-state index in [9.17, 15) is 19.7 Å². The zero-order chi connectivity index (χ0) is 15.6. The molecular weight excluding hydrogens is 346 g/mol. The van der Waals surface area contributed by atoms with Crippen LogP contribution in [0.25, 0.3) is 0 Å². The third-order valence-electron chi connectivity index (χ3n) is 3.18. The fourth-order valence-electron chi connectivity index (χ4n) is 2.16. The molecule has 2 N–H and O–H groups in total. The Labute approximate surface area is 128 Å². The first-order valence-corrected chi connectivity index (χ1v) is 6.84. The van der Waals surface area contributed by atoms with Crippen LogP contribution in [0.5, 0.6) is 0 Å². The first-order chi connectivity index (χ1) is 9.88. The number of piperazine rings is 1. The van der Waals surface area contributed by atoms with Crippen LogP contribution in [0, 0.1) is 10.1 Å². The molecule has 0 aromatic heterocycles. The van der Waals surface area contributed by atoms with Crippen molar-refractivity contribution in [1.82, 2.24) is 10.2 Å². The van der Waals surface area contributed by atoms with E-state index >= 15 is 0 Å².